The number of nitrogens with one attached hydrogen (secondary N) is 1. The van der Waals surface area contributed by atoms with Gasteiger partial charge in [-0.15, -0.1) is 0 Å². The van der Waals surface area contributed by atoms with Crippen LogP contribution >= 0.6 is 0 Å². The second kappa shape index (κ2) is 20.8. The first-order valence-corrected chi connectivity index (χ1v) is 23.2. The van der Waals surface area contributed by atoms with Gasteiger partial charge in [-0.1, -0.05) is 84.6 Å². The molecule has 0 aliphatic heterocycles. The number of para-hydroxylation sites is 2. The molecule has 0 bridgehead atoms. The van der Waals surface area contributed by atoms with Crippen molar-refractivity contribution in [2.45, 2.75) is 27.2 Å². The number of aromatic amines is 1. The molecular weight excluding hydrogens is 905 g/mol. The molecule has 4 N–H and O–H groups in total. The average Bonchev–Trinajstić information content (AvgIpc) is 3.66. The number of aromatic nitrogens is 3. The number of pyridine rings is 2. The normalized spacial score (nSPS) is 11.1. The second-order valence-electron chi connectivity index (χ2n) is 17.7. The minimum Gasteiger partial charge on any atom is -0.872 e. The van der Waals surface area contributed by atoms with Gasteiger partial charge in [0.15, 0.2) is 0 Å². The van der Waals surface area contributed by atoms with E-state index in [1.165, 1.54) is 57.1 Å². The van der Waals surface area contributed by atoms with Gasteiger partial charge in [-0.3, -0.25) is 4.79 Å². The number of ether oxygens (including phenoxy) is 1. The third-order valence-electron chi connectivity index (χ3n) is 12.9. The summed E-state index contributed by atoms with van der Waals surface area (Å²) in [6.45, 7) is 6.26. The molecule has 3 heterocycles. The lowest BCUT2D eigenvalue weighted by Crippen LogP contribution is -2.32. The van der Waals surface area contributed by atoms with Crippen molar-refractivity contribution in [1.82, 2.24) is 9.55 Å². The molecule has 10 aromatic rings. The summed E-state index contributed by atoms with van der Waals surface area (Å²) in [6.07, 6.45) is 4.32. The van der Waals surface area contributed by atoms with E-state index in [0.29, 0.717) is 27.3 Å². The number of carboxylic acid groups (broad SMARTS) is 2. The Hall–Kier alpha value is -9.16. The maximum absolute atomic E-state index is 12.9. The van der Waals surface area contributed by atoms with Gasteiger partial charge in [0.1, 0.15) is 24.1 Å². The van der Waals surface area contributed by atoms with Crippen LogP contribution in [0.1, 0.15) is 60.1 Å². The van der Waals surface area contributed by atoms with Crippen LogP contribution in [0.2, 0.25) is 0 Å². The third-order valence-corrected chi connectivity index (χ3v) is 12.9. The van der Waals surface area contributed by atoms with E-state index < -0.39 is 23.4 Å². The first-order chi connectivity index (χ1) is 34.6. The topological polar surface area (TPSA) is 172 Å². The van der Waals surface area contributed by atoms with Crippen LogP contribution in [0.5, 0.6) is 17.2 Å². The number of hydrogen-bond acceptors (Lipinski definition) is 7. The molecule has 72 heavy (non-hydrogen) atoms. The number of phenols is 1. The number of aromatic hydroxyl groups is 1. The van der Waals surface area contributed by atoms with Crippen molar-refractivity contribution in [2.24, 2.45) is 7.05 Å². The summed E-state index contributed by atoms with van der Waals surface area (Å²) >= 11 is 0. The van der Waals surface area contributed by atoms with Gasteiger partial charge >= 0.3 is 11.9 Å². The lowest BCUT2D eigenvalue weighted by Gasteiger charge is -2.21. The quantitative estimate of drug-likeness (QED) is 0.103. The van der Waals surface area contributed by atoms with Gasteiger partial charge in [-0.25, -0.2) is 9.59 Å². The zero-order chi connectivity index (χ0) is 51.4. The van der Waals surface area contributed by atoms with Gasteiger partial charge in [0, 0.05) is 83.9 Å². The maximum Gasteiger partial charge on any atom is 0.339 e. The molecule has 0 aliphatic rings. The highest BCUT2D eigenvalue weighted by atomic mass is 16.5. The Morgan fingerprint density at radius 2 is 1.33 bits per heavy atom. The van der Waals surface area contributed by atoms with Crippen LogP contribution in [0.3, 0.4) is 0 Å². The zero-order valence-electron chi connectivity index (χ0n) is 41.0. The molecule has 0 aliphatic carbocycles. The van der Waals surface area contributed by atoms with Crippen LogP contribution in [0.4, 0.5) is 5.69 Å². The van der Waals surface area contributed by atoms with E-state index in [0.717, 1.165) is 16.5 Å². The number of nitrogens with zero attached hydrogens (tertiary/aromatic N) is 3. The Bertz CT molecular complexity index is 3700. The second-order valence-corrected chi connectivity index (χ2v) is 17.7. The summed E-state index contributed by atoms with van der Waals surface area (Å²) in [5.41, 5.74) is 10.0. The molecule has 12 heteroatoms. The van der Waals surface area contributed by atoms with E-state index in [1.54, 1.807) is 61.7 Å². The number of aromatic carboxylic acids is 2. The summed E-state index contributed by atoms with van der Waals surface area (Å²) in [4.78, 5) is 39.3. The lowest BCUT2D eigenvalue weighted by atomic mass is 9.90. The van der Waals surface area contributed by atoms with Gasteiger partial charge in [0.05, 0.1) is 18.2 Å². The zero-order valence-corrected chi connectivity index (χ0v) is 41.0. The fraction of sp³-hybridized carbons (Fsp3) is 0.133. The van der Waals surface area contributed by atoms with Crippen molar-refractivity contribution >= 4 is 73.1 Å². The van der Waals surface area contributed by atoms with Crippen LogP contribution in [0.25, 0.3) is 61.2 Å². The number of rotatable bonds is 9. The number of benzene rings is 7. The highest BCUT2D eigenvalue weighted by Crippen LogP contribution is 2.38. The largest absolute Gasteiger partial charge is 0.872 e. The van der Waals surface area contributed by atoms with E-state index in [1.807, 2.05) is 25.1 Å². The first kappa shape index (κ1) is 49.3. The number of carbonyl (C=O) groups is 2. The number of aryl methyl sites for hydroxylation is 3. The molecule has 0 saturated heterocycles. The van der Waals surface area contributed by atoms with Crippen LogP contribution < -0.4 is 24.9 Å². The highest BCUT2D eigenvalue weighted by Gasteiger charge is 2.21. The molecule has 0 amide bonds. The van der Waals surface area contributed by atoms with E-state index >= 15 is 0 Å². The average molecular weight is 959 g/mol. The molecule has 3 aromatic heterocycles. The number of fused-ring (bicyclic) bond motifs is 4. The minimum absolute atomic E-state index is 0.0977. The first-order valence-electron chi connectivity index (χ1n) is 23.2. The van der Waals surface area contributed by atoms with Gasteiger partial charge in [-0.2, -0.15) is 4.57 Å². The SMILES string of the molecule is COc1cccc2c(C)cc(=O)[nH]c12.Cc1cc(C=Cc2ccc3cc(N(C)C)ccc3[n+]2C)c(C)n1-c1ccccc1.O=C(O)c1cc2ccccc2c(Cc2c(O)c(C(=O)O)cc3ccccc23)c1[O-]. The Kier molecular flexibility index (Phi) is 14.3. The predicted molar refractivity (Wildman–Crippen MR) is 285 cm³/mol. The van der Waals surface area contributed by atoms with E-state index in [-0.39, 0.29) is 34.2 Å². The lowest BCUT2D eigenvalue weighted by molar-refractivity contribution is -0.646. The van der Waals surface area contributed by atoms with Crippen molar-refractivity contribution in [3.8, 4) is 22.9 Å². The molecular formula is C60H54N4O8. The van der Waals surface area contributed by atoms with Crippen molar-refractivity contribution in [3.05, 3.63) is 212 Å². The summed E-state index contributed by atoms with van der Waals surface area (Å²) in [5.74, 6) is -3.01. The van der Waals surface area contributed by atoms with Crippen LogP contribution in [-0.4, -0.2) is 58.0 Å². The minimum atomic E-state index is -1.34. The third kappa shape index (κ3) is 9.97. The van der Waals surface area contributed by atoms with E-state index in [9.17, 15) is 34.8 Å². The number of carboxylic acids is 2. The van der Waals surface area contributed by atoms with Crippen LogP contribution in [0, 0.1) is 20.8 Å². The van der Waals surface area contributed by atoms with Crippen LogP contribution in [-0.2, 0) is 13.5 Å². The highest BCUT2D eigenvalue weighted by molar-refractivity contribution is 6.02. The molecule has 0 saturated carbocycles. The Labute approximate surface area is 416 Å². The number of methoxy groups -OCH3 is 1. The molecule has 0 atom stereocenters. The standard InChI is InChI=1S/C26H28N3.C23H16O6.C11H11NO2/c1-19-17-21(20(2)29(19)24-9-7-6-8-10-24)11-13-23-14-12-22-18-25(27(3)4)15-16-26(22)28(23)5;24-20-16(14-7-3-1-5-12(14)9-18(20)22(26)27)11-17-15-8-4-2-6-13(15)10-19(21(17)25)23(28)29;1-7-6-10(13)12-11-8(7)4-3-5-9(11)14-2/h6-18H,1-5H3;1-10,24-25H,11H2,(H,26,27)(H,28,29);3-6H,1-2H3,(H,12,13)/q+1;;/p-1. The van der Waals surface area contributed by atoms with Crippen LogP contribution in [0.15, 0.2) is 156 Å². The molecule has 0 spiro atoms. The smallest absolute Gasteiger partial charge is 0.339 e. The molecule has 7 aromatic carbocycles. The molecule has 362 valence electrons. The molecule has 0 fully saturated rings. The monoisotopic (exact) mass is 958 g/mol. The van der Waals surface area contributed by atoms with Crippen molar-refractivity contribution < 1.29 is 39.3 Å². The van der Waals surface area contributed by atoms with Gasteiger partial charge in [0.25, 0.3) is 0 Å². The summed E-state index contributed by atoms with van der Waals surface area (Å²) < 4.78 is 9.73. The molecule has 0 radical (unpaired) electrons. The molecule has 0 unspecified atom stereocenters. The fourth-order valence-corrected chi connectivity index (χ4v) is 9.22. The Morgan fingerprint density at radius 3 is 1.99 bits per heavy atom. The van der Waals surface area contributed by atoms with E-state index in [2.05, 4.69) is 133 Å². The van der Waals surface area contributed by atoms with Gasteiger partial charge in [0.2, 0.25) is 16.8 Å². The Balaban J connectivity index is 0.000000153. The van der Waals surface area contributed by atoms with Crippen molar-refractivity contribution in [2.75, 3.05) is 26.1 Å². The number of H-pyrrole nitrogens is 1. The number of anilines is 1. The molecule has 12 nitrogen and oxygen atoms in total. The summed E-state index contributed by atoms with van der Waals surface area (Å²) in [5, 5.41) is 47.1. The van der Waals surface area contributed by atoms with E-state index in [4.69, 9.17) is 4.74 Å². The Morgan fingerprint density at radius 1 is 0.708 bits per heavy atom. The summed E-state index contributed by atoms with van der Waals surface area (Å²) in [7, 11) is 7.87. The number of hydrogen-bond donors (Lipinski definition) is 4. The molecule has 10 rings (SSSR count). The predicted octanol–water partition coefficient (Wildman–Crippen LogP) is 10.9. The summed E-state index contributed by atoms with van der Waals surface area (Å²) in [6, 6.07) is 47.6. The van der Waals surface area contributed by atoms with Gasteiger partial charge in [-0.05, 0) is 120 Å². The van der Waals surface area contributed by atoms with Gasteiger partial charge < -0.3 is 39.6 Å². The van der Waals surface area contributed by atoms with Crippen molar-refractivity contribution in [3.63, 3.8) is 0 Å². The maximum atomic E-state index is 12.9. The van der Waals surface area contributed by atoms with Crippen molar-refractivity contribution in [1.29, 1.82) is 0 Å². The fourth-order valence-electron chi connectivity index (χ4n) is 9.22.